The van der Waals surface area contributed by atoms with Gasteiger partial charge in [-0.05, 0) is 74.5 Å². The molecule has 7 heteroatoms. The van der Waals surface area contributed by atoms with Gasteiger partial charge in [0.05, 0.1) is 29.5 Å². The van der Waals surface area contributed by atoms with Crippen LogP contribution in [-0.2, 0) is 4.79 Å². The van der Waals surface area contributed by atoms with Crippen LogP contribution in [0.3, 0.4) is 0 Å². The number of allylic oxidation sites excluding steroid dienone is 1. The molecule has 2 saturated carbocycles. The van der Waals surface area contributed by atoms with E-state index in [4.69, 9.17) is 0 Å². The molecular formula is C27H42O7. The second-order valence-electron chi connectivity index (χ2n) is 12.6. The minimum Gasteiger partial charge on any atom is -0.390 e. The molecule has 9 unspecified atom stereocenters. The fraction of sp³-hybridized carbons (Fsp3) is 0.815. The van der Waals surface area contributed by atoms with Crippen LogP contribution >= 0.6 is 0 Å². The third-order valence-electron chi connectivity index (χ3n) is 10.1. The second-order valence-corrected chi connectivity index (χ2v) is 12.6. The van der Waals surface area contributed by atoms with Crippen LogP contribution in [0.15, 0.2) is 23.3 Å². The summed E-state index contributed by atoms with van der Waals surface area (Å²) in [6.07, 6.45) is 2.19. The lowest BCUT2D eigenvalue weighted by Gasteiger charge is -2.59. The van der Waals surface area contributed by atoms with Gasteiger partial charge in [0, 0.05) is 17.3 Å². The largest absolute Gasteiger partial charge is 0.390 e. The van der Waals surface area contributed by atoms with Crippen molar-refractivity contribution in [3.63, 3.8) is 0 Å². The van der Waals surface area contributed by atoms with E-state index in [1.165, 1.54) is 6.08 Å². The Morgan fingerprint density at radius 2 is 1.68 bits per heavy atom. The maximum Gasteiger partial charge on any atom is 0.188 e. The highest BCUT2D eigenvalue weighted by Crippen LogP contribution is 2.67. The zero-order valence-corrected chi connectivity index (χ0v) is 21.1. The Morgan fingerprint density at radius 1 is 1.06 bits per heavy atom. The van der Waals surface area contributed by atoms with Gasteiger partial charge in [-0.25, -0.2) is 0 Å². The summed E-state index contributed by atoms with van der Waals surface area (Å²) in [6.45, 7) is 9.43. The van der Waals surface area contributed by atoms with Gasteiger partial charge < -0.3 is 30.6 Å². The first-order valence-corrected chi connectivity index (χ1v) is 12.7. The maximum absolute atomic E-state index is 13.3. The number of aliphatic hydroxyl groups excluding tert-OH is 3. The molecule has 0 aliphatic heterocycles. The molecule has 0 saturated heterocycles. The number of fused-ring (bicyclic) bond motifs is 5. The summed E-state index contributed by atoms with van der Waals surface area (Å²) in [5.41, 5.74) is -5.61. The molecule has 2 fully saturated rings. The number of ketones is 1. The number of hydrogen-bond donors (Lipinski definition) is 6. The molecule has 0 radical (unpaired) electrons. The van der Waals surface area contributed by atoms with Gasteiger partial charge in [0.1, 0.15) is 5.60 Å². The van der Waals surface area contributed by atoms with Crippen LogP contribution in [0, 0.1) is 22.7 Å². The molecule has 34 heavy (non-hydrogen) atoms. The summed E-state index contributed by atoms with van der Waals surface area (Å²) in [5.74, 6) is -0.588. The third kappa shape index (κ3) is 3.27. The summed E-state index contributed by atoms with van der Waals surface area (Å²) >= 11 is 0. The van der Waals surface area contributed by atoms with E-state index in [-0.39, 0.29) is 12.8 Å². The van der Waals surface area contributed by atoms with Gasteiger partial charge in [0.25, 0.3) is 0 Å². The fourth-order valence-corrected chi connectivity index (χ4v) is 7.66. The molecule has 0 spiro atoms. The van der Waals surface area contributed by atoms with Crippen molar-refractivity contribution in [1.29, 1.82) is 0 Å². The van der Waals surface area contributed by atoms with E-state index >= 15 is 0 Å². The molecule has 0 amide bonds. The van der Waals surface area contributed by atoms with E-state index in [1.54, 1.807) is 13.8 Å². The standard InChI is InChI=1S/C27H42O7/c1-15(2)6-7-21(30)25(5,32)20-9-11-26(33)17-12-22(31)27(34)14-19(29)18(28)13-24(27,4)16(17)8-10-23(20,26)3/h8,12,15,18-21,28-30,32-34H,6-7,9-11,13-14H2,1-5H3. The van der Waals surface area contributed by atoms with Crippen molar-refractivity contribution in [3.8, 4) is 0 Å². The molecule has 6 N–H and O–H groups in total. The summed E-state index contributed by atoms with van der Waals surface area (Å²) < 4.78 is 0. The minimum absolute atomic E-state index is 0.00142. The van der Waals surface area contributed by atoms with Crippen molar-refractivity contribution in [1.82, 2.24) is 0 Å². The van der Waals surface area contributed by atoms with Crippen molar-refractivity contribution in [3.05, 3.63) is 23.3 Å². The molecular weight excluding hydrogens is 436 g/mol. The smallest absolute Gasteiger partial charge is 0.188 e. The zero-order chi connectivity index (χ0) is 25.5. The van der Waals surface area contributed by atoms with E-state index in [9.17, 15) is 35.4 Å². The van der Waals surface area contributed by atoms with Crippen molar-refractivity contribution >= 4 is 5.78 Å². The molecule has 0 bridgehead atoms. The molecule has 7 nitrogen and oxygen atoms in total. The summed E-state index contributed by atoms with van der Waals surface area (Å²) in [4.78, 5) is 13.3. The normalized spacial score (nSPS) is 46.7. The Morgan fingerprint density at radius 3 is 2.29 bits per heavy atom. The van der Waals surface area contributed by atoms with E-state index in [1.807, 2.05) is 13.0 Å². The van der Waals surface area contributed by atoms with Crippen molar-refractivity contribution < 1.29 is 35.4 Å². The Bertz CT molecular complexity index is 922. The van der Waals surface area contributed by atoms with Crippen LogP contribution in [0.25, 0.3) is 0 Å². The summed E-state index contributed by atoms with van der Waals surface area (Å²) in [5, 5.41) is 66.7. The second kappa shape index (κ2) is 7.95. The van der Waals surface area contributed by atoms with Gasteiger partial charge in [-0.2, -0.15) is 0 Å². The van der Waals surface area contributed by atoms with E-state index < -0.39 is 57.6 Å². The predicted molar refractivity (Wildman–Crippen MR) is 127 cm³/mol. The highest BCUT2D eigenvalue weighted by Gasteiger charge is 2.69. The lowest BCUT2D eigenvalue weighted by atomic mass is 9.48. The Kier molecular flexibility index (Phi) is 6.08. The number of carbonyl (C=O) groups excluding carboxylic acids is 1. The number of rotatable bonds is 5. The quantitative estimate of drug-likeness (QED) is 0.354. The SMILES string of the molecule is CC(C)CCC(O)C(C)(O)C1CCC2(O)C3=CC(=O)C4(O)CC(O)C(O)CC4(C)C3=CCC12C. The first-order valence-electron chi connectivity index (χ1n) is 12.7. The maximum atomic E-state index is 13.3. The monoisotopic (exact) mass is 478 g/mol. The van der Waals surface area contributed by atoms with Gasteiger partial charge in [0.15, 0.2) is 5.78 Å². The zero-order valence-electron chi connectivity index (χ0n) is 21.1. The van der Waals surface area contributed by atoms with Gasteiger partial charge in [-0.15, -0.1) is 0 Å². The number of hydrogen-bond acceptors (Lipinski definition) is 7. The predicted octanol–water partition coefficient (Wildman–Crippen LogP) is 1.77. The Balaban J connectivity index is 1.75. The van der Waals surface area contributed by atoms with E-state index in [0.29, 0.717) is 42.7 Å². The van der Waals surface area contributed by atoms with Gasteiger partial charge in [0.2, 0.25) is 0 Å². The molecule has 9 atom stereocenters. The molecule has 0 heterocycles. The third-order valence-corrected chi connectivity index (χ3v) is 10.1. The first kappa shape index (κ1) is 26.0. The van der Waals surface area contributed by atoms with Crippen LogP contribution < -0.4 is 0 Å². The van der Waals surface area contributed by atoms with E-state index in [2.05, 4.69) is 13.8 Å². The molecule has 0 aromatic heterocycles. The molecule has 0 aromatic carbocycles. The Labute approximate surface area is 202 Å². The summed E-state index contributed by atoms with van der Waals surface area (Å²) in [6, 6.07) is 0. The topological polar surface area (TPSA) is 138 Å². The van der Waals surface area contributed by atoms with Crippen molar-refractivity contribution in [2.24, 2.45) is 22.7 Å². The molecule has 4 aliphatic carbocycles. The van der Waals surface area contributed by atoms with Gasteiger partial charge in [-0.1, -0.05) is 33.8 Å². The Hall–Kier alpha value is -1.09. The van der Waals surface area contributed by atoms with Crippen LogP contribution in [0.2, 0.25) is 0 Å². The van der Waals surface area contributed by atoms with Gasteiger partial charge in [-0.3, -0.25) is 4.79 Å². The molecule has 0 aromatic rings. The summed E-state index contributed by atoms with van der Waals surface area (Å²) in [7, 11) is 0. The molecule has 4 aliphatic rings. The van der Waals surface area contributed by atoms with Crippen molar-refractivity contribution in [2.75, 3.05) is 0 Å². The van der Waals surface area contributed by atoms with E-state index in [0.717, 1.165) is 6.42 Å². The van der Waals surface area contributed by atoms with Crippen LogP contribution in [0.5, 0.6) is 0 Å². The first-order chi connectivity index (χ1) is 15.5. The van der Waals surface area contributed by atoms with Crippen LogP contribution in [0.1, 0.15) is 79.6 Å². The van der Waals surface area contributed by atoms with Gasteiger partial charge >= 0.3 is 0 Å². The lowest BCUT2D eigenvalue weighted by molar-refractivity contribution is -0.180. The molecule has 192 valence electrons. The average molecular weight is 479 g/mol. The average Bonchev–Trinajstić information content (AvgIpc) is 3.02. The lowest BCUT2D eigenvalue weighted by Crippen LogP contribution is -2.66. The number of aliphatic hydroxyl groups is 6. The number of carbonyl (C=O) groups is 1. The van der Waals surface area contributed by atoms with Crippen molar-refractivity contribution in [2.45, 2.75) is 115 Å². The highest BCUT2D eigenvalue weighted by molar-refractivity contribution is 6.02. The van der Waals surface area contributed by atoms with Crippen LogP contribution in [-0.4, -0.2) is 71.5 Å². The van der Waals surface area contributed by atoms with Crippen LogP contribution in [0.4, 0.5) is 0 Å². The highest BCUT2D eigenvalue weighted by atomic mass is 16.3. The molecule has 4 rings (SSSR count). The fourth-order valence-electron chi connectivity index (χ4n) is 7.66. The minimum atomic E-state index is -1.86.